The summed E-state index contributed by atoms with van der Waals surface area (Å²) in [5, 5.41) is 7.63. The topological polar surface area (TPSA) is 83.6 Å². The van der Waals surface area contributed by atoms with Crippen LogP contribution in [0.15, 0.2) is 53.9 Å². The number of nitrogens with zero attached hydrogens (tertiary/aromatic N) is 2. The molecule has 0 aliphatic rings. The number of urea groups is 1. The number of amides is 3. The third-order valence-electron chi connectivity index (χ3n) is 4.72. The Morgan fingerprint density at radius 2 is 1.81 bits per heavy atom. The number of benzene rings is 2. The highest BCUT2D eigenvalue weighted by molar-refractivity contribution is 7.09. The predicted octanol–water partition coefficient (Wildman–Crippen LogP) is 4.78. The molecule has 1 aromatic heterocycles. The molecule has 7 nitrogen and oxygen atoms in total. The fourth-order valence-electron chi connectivity index (χ4n) is 3.00. The third kappa shape index (κ3) is 6.12. The first-order valence-electron chi connectivity index (χ1n) is 10.1. The van der Waals surface area contributed by atoms with E-state index in [1.54, 1.807) is 29.5 Å². The van der Waals surface area contributed by atoms with Gasteiger partial charge in [0.15, 0.2) is 0 Å². The monoisotopic (exact) mass is 456 g/mol. The lowest BCUT2D eigenvalue weighted by Crippen LogP contribution is -2.37. The Kier molecular flexibility index (Phi) is 8.29. The van der Waals surface area contributed by atoms with Crippen molar-refractivity contribution in [3.63, 3.8) is 0 Å². The van der Waals surface area contributed by atoms with Gasteiger partial charge >= 0.3 is 6.03 Å². The minimum atomic E-state index is -0.522. The summed E-state index contributed by atoms with van der Waals surface area (Å²) in [4.78, 5) is 31.3. The van der Waals surface area contributed by atoms with Gasteiger partial charge in [-0.1, -0.05) is 37.3 Å². The Morgan fingerprint density at radius 1 is 1.09 bits per heavy atom. The van der Waals surface area contributed by atoms with E-state index in [2.05, 4.69) is 15.6 Å². The van der Waals surface area contributed by atoms with Gasteiger partial charge in [0.05, 0.1) is 18.8 Å². The molecule has 0 saturated carbocycles. The lowest BCUT2D eigenvalue weighted by Gasteiger charge is -2.22. The van der Waals surface area contributed by atoms with Crippen LogP contribution in [0.3, 0.4) is 0 Å². The number of halogens is 1. The standard InChI is InChI=1S/C23H25FN4O3S/c1-3-16-8-4-6-10-18(16)27-23(30)28(12-13-31-2)14-21-25-20(15-32-21)22(29)26-19-11-7-5-9-17(19)24/h4-11,15H,3,12-14H2,1-2H3,(H,26,29)(H,27,30). The number of carbonyl (C=O) groups excluding carboxylic acids is 2. The molecule has 3 rings (SSSR count). The van der Waals surface area contributed by atoms with Crippen LogP contribution in [0.4, 0.5) is 20.6 Å². The van der Waals surface area contributed by atoms with Gasteiger partial charge in [-0.15, -0.1) is 11.3 Å². The number of hydrogen-bond acceptors (Lipinski definition) is 5. The highest BCUT2D eigenvalue weighted by atomic mass is 32.1. The van der Waals surface area contributed by atoms with Gasteiger partial charge in [-0.2, -0.15) is 0 Å². The fourth-order valence-corrected chi connectivity index (χ4v) is 3.79. The van der Waals surface area contributed by atoms with E-state index >= 15 is 0 Å². The second-order valence-electron chi connectivity index (χ2n) is 6.92. The van der Waals surface area contributed by atoms with Crippen LogP contribution in [0.5, 0.6) is 0 Å². The number of hydrogen-bond donors (Lipinski definition) is 2. The third-order valence-corrected chi connectivity index (χ3v) is 5.56. The van der Waals surface area contributed by atoms with Crippen LogP contribution in [0, 0.1) is 5.82 Å². The molecule has 0 spiro atoms. The maximum Gasteiger partial charge on any atom is 0.322 e. The van der Waals surface area contributed by atoms with Gasteiger partial charge in [-0.3, -0.25) is 4.79 Å². The maximum absolute atomic E-state index is 13.8. The lowest BCUT2D eigenvalue weighted by molar-refractivity contribution is 0.102. The van der Waals surface area contributed by atoms with Gasteiger partial charge < -0.3 is 20.3 Å². The van der Waals surface area contributed by atoms with E-state index in [9.17, 15) is 14.0 Å². The van der Waals surface area contributed by atoms with Gasteiger partial charge in [0, 0.05) is 24.7 Å². The van der Waals surface area contributed by atoms with Crippen molar-refractivity contribution in [3.8, 4) is 0 Å². The predicted molar refractivity (Wildman–Crippen MR) is 124 cm³/mol. The second-order valence-corrected chi connectivity index (χ2v) is 7.86. The van der Waals surface area contributed by atoms with Crippen molar-refractivity contribution in [2.24, 2.45) is 0 Å². The molecule has 0 saturated heterocycles. The number of ether oxygens (including phenoxy) is 1. The van der Waals surface area contributed by atoms with Crippen LogP contribution in [-0.2, 0) is 17.7 Å². The number of anilines is 2. The van der Waals surface area contributed by atoms with Crippen LogP contribution < -0.4 is 10.6 Å². The molecule has 0 aliphatic carbocycles. The van der Waals surface area contributed by atoms with Crippen molar-refractivity contribution >= 4 is 34.6 Å². The lowest BCUT2D eigenvalue weighted by atomic mass is 10.1. The first-order chi connectivity index (χ1) is 15.5. The number of para-hydroxylation sites is 2. The van der Waals surface area contributed by atoms with Crippen LogP contribution in [0.25, 0.3) is 0 Å². The quantitative estimate of drug-likeness (QED) is 0.486. The van der Waals surface area contributed by atoms with Crippen molar-refractivity contribution in [1.82, 2.24) is 9.88 Å². The van der Waals surface area contributed by atoms with Crippen molar-refractivity contribution < 1.29 is 18.7 Å². The summed E-state index contributed by atoms with van der Waals surface area (Å²) < 4.78 is 18.9. The summed E-state index contributed by atoms with van der Waals surface area (Å²) in [6.45, 7) is 2.94. The molecule has 168 valence electrons. The Hall–Kier alpha value is -3.30. The number of aryl methyl sites for hydroxylation is 1. The normalized spacial score (nSPS) is 10.6. The number of rotatable bonds is 9. The molecule has 9 heteroatoms. The molecule has 0 bridgehead atoms. The minimum Gasteiger partial charge on any atom is -0.383 e. The highest BCUT2D eigenvalue weighted by Gasteiger charge is 2.19. The summed E-state index contributed by atoms with van der Waals surface area (Å²) in [5.41, 5.74) is 2.04. The van der Waals surface area contributed by atoms with E-state index < -0.39 is 11.7 Å². The van der Waals surface area contributed by atoms with E-state index in [0.717, 1.165) is 17.7 Å². The Balaban J connectivity index is 1.69. The van der Waals surface area contributed by atoms with Crippen molar-refractivity contribution in [1.29, 1.82) is 0 Å². The van der Waals surface area contributed by atoms with Gasteiger partial charge in [-0.25, -0.2) is 14.2 Å². The van der Waals surface area contributed by atoms with Crippen molar-refractivity contribution in [3.05, 3.63) is 76.0 Å². The van der Waals surface area contributed by atoms with E-state index in [0.29, 0.717) is 18.2 Å². The van der Waals surface area contributed by atoms with Crippen LogP contribution >= 0.6 is 11.3 Å². The first kappa shape index (κ1) is 23.4. The minimum absolute atomic E-state index is 0.0859. The zero-order valence-corrected chi connectivity index (χ0v) is 18.7. The van der Waals surface area contributed by atoms with E-state index in [1.165, 1.54) is 23.5 Å². The molecular weight excluding hydrogens is 431 g/mol. The summed E-state index contributed by atoms with van der Waals surface area (Å²) in [6.07, 6.45) is 0.793. The number of methoxy groups -OCH3 is 1. The van der Waals surface area contributed by atoms with Crippen molar-refractivity contribution in [2.75, 3.05) is 30.9 Å². The fraction of sp³-hybridized carbons (Fsp3) is 0.261. The Morgan fingerprint density at radius 3 is 2.53 bits per heavy atom. The van der Waals surface area contributed by atoms with Crippen LogP contribution in [0.2, 0.25) is 0 Å². The summed E-state index contributed by atoms with van der Waals surface area (Å²) >= 11 is 1.26. The molecule has 3 aromatic rings. The molecule has 0 atom stereocenters. The molecular formula is C23H25FN4O3S. The first-order valence-corrected chi connectivity index (χ1v) is 11.0. The number of thiazole rings is 1. The van der Waals surface area contributed by atoms with Gasteiger partial charge in [0.1, 0.15) is 16.5 Å². The smallest absolute Gasteiger partial charge is 0.322 e. The SMILES string of the molecule is CCc1ccccc1NC(=O)N(CCOC)Cc1nc(C(=O)Nc2ccccc2F)cs1. The highest BCUT2D eigenvalue weighted by Crippen LogP contribution is 2.19. The second kappa shape index (κ2) is 11.4. The zero-order valence-electron chi connectivity index (χ0n) is 17.9. The molecule has 2 N–H and O–H groups in total. The molecule has 0 radical (unpaired) electrons. The largest absolute Gasteiger partial charge is 0.383 e. The zero-order chi connectivity index (χ0) is 22.9. The average Bonchev–Trinajstić information content (AvgIpc) is 3.27. The van der Waals surface area contributed by atoms with Gasteiger partial charge in [-0.05, 0) is 30.2 Å². The molecule has 3 amide bonds. The Bertz CT molecular complexity index is 1070. The van der Waals surface area contributed by atoms with Crippen LogP contribution in [0.1, 0.15) is 28.0 Å². The summed E-state index contributed by atoms with van der Waals surface area (Å²) in [7, 11) is 1.57. The Labute approximate surface area is 190 Å². The summed E-state index contributed by atoms with van der Waals surface area (Å²) in [6, 6.07) is 13.3. The summed E-state index contributed by atoms with van der Waals surface area (Å²) in [5.74, 6) is -1.03. The van der Waals surface area contributed by atoms with E-state index in [1.807, 2.05) is 31.2 Å². The van der Waals surface area contributed by atoms with Crippen molar-refractivity contribution in [2.45, 2.75) is 19.9 Å². The number of carbonyl (C=O) groups is 2. The maximum atomic E-state index is 13.8. The molecule has 0 unspecified atom stereocenters. The molecule has 0 aliphatic heterocycles. The number of aromatic nitrogens is 1. The van der Waals surface area contributed by atoms with Crippen LogP contribution in [-0.4, -0.2) is 42.1 Å². The average molecular weight is 457 g/mol. The van der Waals surface area contributed by atoms with Gasteiger partial charge in [0.2, 0.25) is 0 Å². The van der Waals surface area contributed by atoms with E-state index in [4.69, 9.17) is 4.74 Å². The molecule has 2 aromatic carbocycles. The molecule has 0 fully saturated rings. The van der Waals surface area contributed by atoms with Gasteiger partial charge in [0.25, 0.3) is 5.91 Å². The molecule has 32 heavy (non-hydrogen) atoms. The number of nitrogens with one attached hydrogen (secondary N) is 2. The van der Waals surface area contributed by atoms with E-state index in [-0.39, 0.29) is 24.0 Å². The molecule has 1 heterocycles.